The monoisotopic (exact) mass is 450 g/mol. The number of amides is 1. The van der Waals surface area contributed by atoms with Crippen molar-refractivity contribution in [1.82, 2.24) is 0 Å². The zero-order valence-electron chi connectivity index (χ0n) is 17.8. The Kier molecular flexibility index (Phi) is 13.5. The van der Waals surface area contributed by atoms with Gasteiger partial charge in [0.2, 0.25) is 0 Å². The number of halogens is 1. The van der Waals surface area contributed by atoms with Gasteiger partial charge in [0.1, 0.15) is 6.61 Å². The molecule has 1 N–H and O–H groups in total. The van der Waals surface area contributed by atoms with Gasteiger partial charge in [0.25, 0.3) is 0 Å². The second kappa shape index (κ2) is 14.7. The van der Waals surface area contributed by atoms with Gasteiger partial charge >= 0.3 is 6.09 Å². The zero-order valence-corrected chi connectivity index (χ0v) is 19.4. The van der Waals surface area contributed by atoms with Gasteiger partial charge < -0.3 is 9.57 Å². The van der Waals surface area contributed by atoms with Gasteiger partial charge in [-0.2, -0.15) is 0 Å². The van der Waals surface area contributed by atoms with Crippen LogP contribution in [0.1, 0.15) is 51.3 Å². The first kappa shape index (κ1) is 25.7. The first-order valence-corrected chi connectivity index (χ1v) is 10.2. The molecule has 0 atom stereocenters. The van der Waals surface area contributed by atoms with Crippen LogP contribution in [0.25, 0.3) is 0 Å². The second-order valence-corrected chi connectivity index (χ2v) is 6.09. The first-order chi connectivity index (χ1) is 13.5. The molecule has 0 heterocycles. The van der Waals surface area contributed by atoms with Crippen LogP contribution in [0.15, 0.2) is 52.1 Å². The Morgan fingerprint density at radius 1 is 1.07 bits per heavy atom. The Morgan fingerprint density at radius 3 is 2.25 bits per heavy atom. The maximum atomic E-state index is 11.4. The molecule has 0 radical (unpaired) electrons. The highest BCUT2D eigenvalue weighted by Gasteiger charge is 2.09. The Morgan fingerprint density at radius 2 is 1.68 bits per heavy atom. The number of rotatable bonds is 5. The average molecular weight is 451 g/mol. The molecule has 2 aromatic carbocycles. The summed E-state index contributed by atoms with van der Waals surface area (Å²) in [6, 6.07) is 13.4. The molecule has 0 aliphatic heterocycles. The van der Waals surface area contributed by atoms with Gasteiger partial charge in [-0.05, 0) is 43.2 Å². The summed E-state index contributed by atoms with van der Waals surface area (Å²) in [5.41, 5.74) is 4.27. The quantitative estimate of drug-likeness (QED) is 0.396. The van der Waals surface area contributed by atoms with E-state index in [1.54, 1.807) is 6.07 Å². The van der Waals surface area contributed by atoms with Crippen LogP contribution in [0.5, 0.6) is 0 Å². The van der Waals surface area contributed by atoms with E-state index in [0.29, 0.717) is 5.69 Å². The minimum Gasteiger partial charge on any atom is -0.453 e. The SMILES string of the molecule is CC.CC.COC(=O)Nc1cccc(C)c1CO/N=C(\C)c1ccc(Br)cc1. The summed E-state index contributed by atoms with van der Waals surface area (Å²) in [6.07, 6.45) is -0.517. The first-order valence-electron chi connectivity index (χ1n) is 9.37. The fraction of sp³-hybridized carbons (Fsp3) is 0.364. The number of aryl methyl sites for hydroxylation is 1. The molecule has 5 nitrogen and oxygen atoms in total. The Labute approximate surface area is 177 Å². The number of nitrogens with one attached hydrogen (secondary N) is 1. The number of hydrogen-bond acceptors (Lipinski definition) is 4. The predicted octanol–water partition coefficient (Wildman–Crippen LogP) is 6.93. The van der Waals surface area contributed by atoms with Crippen molar-refractivity contribution in [3.05, 3.63) is 63.6 Å². The van der Waals surface area contributed by atoms with E-state index in [9.17, 15) is 4.79 Å². The fourth-order valence-electron chi connectivity index (χ4n) is 2.11. The lowest BCUT2D eigenvalue weighted by atomic mass is 10.1. The maximum Gasteiger partial charge on any atom is 0.411 e. The van der Waals surface area contributed by atoms with Crippen LogP contribution in [0.3, 0.4) is 0 Å². The lowest BCUT2D eigenvalue weighted by molar-refractivity contribution is 0.130. The topological polar surface area (TPSA) is 59.9 Å². The molecule has 0 aliphatic carbocycles. The van der Waals surface area contributed by atoms with Crippen molar-refractivity contribution in [2.75, 3.05) is 12.4 Å². The molecule has 0 unspecified atom stereocenters. The molecule has 0 bridgehead atoms. The molecule has 0 aromatic heterocycles. The highest BCUT2D eigenvalue weighted by molar-refractivity contribution is 9.10. The number of carbonyl (C=O) groups is 1. The van der Waals surface area contributed by atoms with E-state index in [0.717, 1.165) is 26.9 Å². The van der Waals surface area contributed by atoms with Crippen molar-refractivity contribution in [2.45, 2.75) is 48.1 Å². The van der Waals surface area contributed by atoms with Gasteiger partial charge in [0.15, 0.2) is 0 Å². The highest BCUT2D eigenvalue weighted by atomic mass is 79.9. The predicted molar refractivity (Wildman–Crippen MR) is 121 cm³/mol. The molecule has 6 heteroatoms. The summed E-state index contributed by atoms with van der Waals surface area (Å²) in [6.45, 7) is 12.1. The van der Waals surface area contributed by atoms with Crippen LogP contribution in [-0.4, -0.2) is 18.9 Å². The van der Waals surface area contributed by atoms with Crippen molar-refractivity contribution in [3.63, 3.8) is 0 Å². The highest BCUT2D eigenvalue weighted by Crippen LogP contribution is 2.21. The summed E-state index contributed by atoms with van der Waals surface area (Å²) < 4.78 is 5.65. The molecule has 2 rings (SSSR count). The van der Waals surface area contributed by atoms with E-state index in [4.69, 9.17) is 4.84 Å². The summed E-state index contributed by atoms with van der Waals surface area (Å²) in [5, 5.41) is 6.84. The van der Waals surface area contributed by atoms with Gasteiger partial charge in [-0.3, -0.25) is 5.32 Å². The summed E-state index contributed by atoms with van der Waals surface area (Å²) >= 11 is 3.40. The Hall–Kier alpha value is -2.34. The fourth-order valence-corrected chi connectivity index (χ4v) is 2.37. The Bertz CT molecular complexity index is 744. The minimum atomic E-state index is -0.517. The van der Waals surface area contributed by atoms with Gasteiger partial charge in [-0.1, -0.05) is 73.0 Å². The largest absolute Gasteiger partial charge is 0.453 e. The van der Waals surface area contributed by atoms with Crippen LogP contribution in [0.4, 0.5) is 10.5 Å². The zero-order chi connectivity index (χ0) is 21.5. The van der Waals surface area contributed by atoms with Crippen LogP contribution >= 0.6 is 15.9 Å². The molecule has 0 saturated heterocycles. The molecular formula is C22H31BrN2O3. The number of nitrogens with zero attached hydrogens (tertiary/aromatic N) is 1. The van der Waals surface area contributed by atoms with Crippen molar-refractivity contribution in [1.29, 1.82) is 0 Å². The number of benzene rings is 2. The van der Waals surface area contributed by atoms with E-state index >= 15 is 0 Å². The standard InChI is InChI=1S/C18H19BrN2O3.2C2H6/c1-12-5-4-6-17(20-18(22)23-3)16(12)11-24-21-13(2)14-7-9-15(19)10-8-14;2*1-2/h4-10H,11H2,1-3H3,(H,20,22);2*1-2H3/b21-13+;;. The molecule has 0 spiro atoms. The van der Waals surface area contributed by atoms with E-state index < -0.39 is 6.09 Å². The molecule has 0 aliphatic rings. The number of oxime groups is 1. The lowest BCUT2D eigenvalue weighted by Gasteiger charge is -2.12. The number of ether oxygens (including phenoxy) is 1. The van der Waals surface area contributed by atoms with E-state index in [1.807, 2.05) is 77.9 Å². The summed E-state index contributed by atoms with van der Waals surface area (Å²) in [4.78, 5) is 16.9. The van der Waals surface area contributed by atoms with Gasteiger partial charge in [-0.25, -0.2) is 4.79 Å². The molecule has 154 valence electrons. The van der Waals surface area contributed by atoms with Crippen LogP contribution < -0.4 is 5.32 Å². The molecule has 0 saturated carbocycles. The number of anilines is 1. The van der Waals surface area contributed by atoms with Gasteiger partial charge in [0.05, 0.1) is 18.5 Å². The number of methoxy groups -OCH3 is 1. The van der Waals surface area contributed by atoms with Crippen LogP contribution in [0, 0.1) is 6.92 Å². The van der Waals surface area contributed by atoms with Gasteiger partial charge in [-0.15, -0.1) is 0 Å². The smallest absolute Gasteiger partial charge is 0.411 e. The second-order valence-electron chi connectivity index (χ2n) is 5.17. The molecule has 2 aromatic rings. The normalized spacial score (nSPS) is 9.93. The van der Waals surface area contributed by atoms with Crippen molar-refractivity contribution in [2.24, 2.45) is 5.16 Å². The molecule has 28 heavy (non-hydrogen) atoms. The third-order valence-electron chi connectivity index (χ3n) is 3.50. The maximum absolute atomic E-state index is 11.4. The van der Waals surface area contributed by atoms with Crippen molar-refractivity contribution < 1.29 is 14.4 Å². The molecule has 1 amide bonds. The number of carbonyl (C=O) groups excluding carboxylic acids is 1. The third-order valence-corrected chi connectivity index (χ3v) is 4.03. The molecule has 0 fully saturated rings. The van der Waals surface area contributed by atoms with Gasteiger partial charge in [0, 0.05) is 10.0 Å². The third kappa shape index (κ3) is 8.57. The summed E-state index contributed by atoms with van der Waals surface area (Å²) in [5.74, 6) is 0. The minimum absolute atomic E-state index is 0.250. The van der Waals surface area contributed by atoms with Crippen molar-refractivity contribution >= 4 is 33.4 Å². The Balaban J connectivity index is 0.00000171. The number of hydrogen-bond donors (Lipinski definition) is 1. The van der Waals surface area contributed by atoms with Crippen LogP contribution in [0.2, 0.25) is 0 Å². The van der Waals surface area contributed by atoms with E-state index in [1.165, 1.54) is 7.11 Å². The van der Waals surface area contributed by atoms with E-state index in [-0.39, 0.29) is 6.61 Å². The molecular weight excluding hydrogens is 420 g/mol. The van der Waals surface area contributed by atoms with E-state index in [2.05, 4.69) is 31.1 Å². The van der Waals surface area contributed by atoms with Crippen molar-refractivity contribution in [3.8, 4) is 0 Å². The average Bonchev–Trinajstić information content (AvgIpc) is 2.73. The van der Waals surface area contributed by atoms with Crippen LogP contribution in [-0.2, 0) is 16.2 Å². The lowest BCUT2D eigenvalue weighted by Crippen LogP contribution is -2.13. The summed E-state index contributed by atoms with van der Waals surface area (Å²) in [7, 11) is 1.33.